The second-order valence-electron chi connectivity index (χ2n) is 5.74. The van der Waals surface area contributed by atoms with Crippen LogP contribution in [-0.2, 0) is 11.2 Å². The Balaban J connectivity index is 1.81. The first-order valence-corrected chi connectivity index (χ1v) is 7.74. The number of nitrogens with one attached hydrogen (secondary N) is 2. The van der Waals surface area contributed by atoms with Crippen molar-refractivity contribution in [2.24, 2.45) is 0 Å². The van der Waals surface area contributed by atoms with E-state index in [4.69, 9.17) is 4.74 Å². The van der Waals surface area contributed by atoms with Gasteiger partial charge in [-0.1, -0.05) is 0 Å². The van der Waals surface area contributed by atoms with Gasteiger partial charge in [0.15, 0.2) is 0 Å². The van der Waals surface area contributed by atoms with Crippen LogP contribution in [0.15, 0.2) is 12.1 Å². The monoisotopic (exact) mass is 303 g/mol. The van der Waals surface area contributed by atoms with Gasteiger partial charge in [0.25, 0.3) is 0 Å². The number of ether oxygens (including phenoxy) is 1. The SMILES string of the molecule is COc1cc2c(cc1NC(=O)N1CCCCC1)NC(=O)CC2. The first kappa shape index (κ1) is 14.7. The maximum Gasteiger partial charge on any atom is 0.321 e. The number of amides is 3. The molecule has 0 aromatic heterocycles. The number of carbonyl (C=O) groups excluding carboxylic acids is 2. The van der Waals surface area contributed by atoms with Gasteiger partial charge in [-0.15, -0.1) is 0 Å². The summed E-state index contributed by atoms with van der Waals surface area (Å²) in [6.07, 6.45) is 4.45. The Labute approximate surface area is 129 Å². The van der Waals surface area contributed by atoms with Crippen molar-refractivity contribution < 1.29 is 14.3 Å². The van der Waals surface area contributed by atoms with E-state index in [1.165, 1.54) is 6.42 Å². The van der Waals surface area contributed by atoms with Crippen molar-refractivity contribution in [1.29, 1.82) is 0 Å². The number of methoxy groups -OCH3 is 1. The number of hydrogen-bond acceptors (Lipinski definition) is 3. The molecule has 0 aliphatic carbocycles. The molecule has 1 fully saturated rings. The zero-order valence-electron chi connectivity index (χ0n) is 12.8. The van der Waals surface area contributed by atoms with Crippen molar-refractivity contribution in [3.05, 3.63) is 17.7 Å². The predicted octanol–water partition coefficient (Wildman–Crippen LogP) is 2.60. The molecular formula is C16H21N3O3. The topological polar surface area (TPSA) is 70.7 Å². The lowest BCUT2D eigenvalue weighted by Gasteiger charge is -2.27. The normalized spacial score (nSPS) is 17.5. The lowest BCUT2D eigenvalue weighted by atomic mass is 10.0. The lowest BCUT2D eigenvalue weighted by molar-refractivity contribution is -0.116. The van der Waals surface area contributed by atoms with Crippen molar-refractivity contribution in [2.45, 2.75) is 32.1 Å². The van der Waals surface area contributed by atoms with Crippen molar-refractivity contribution in [3.63, 3.8) is 0 Å². The minimum absolute atomic E-state index is 0.00553. The summed E-state index contributed by atoms with van der Waals surface area (Å²) in [7, 11) is 1.58. The average Bonchev–Trinajstić information content (AvgIpc) is 2.55. The van der Waals surface area contributed by atoms with Gasteiger partial charge in [-0.2, -0.15) is 0 Å². The molecule has 2 aliphatic rings. The molecule has 118 valence electrons. The summed E-state index contributed by atoms with van der Waals surface area (Å²) in [6, 6.07) is 3.56. The second-order valence-corrected chi connectivity index (χ2v) is 5.74. The van der Waals surface area contributed by atoms with Crippen LogP contribution >= 0.6 is 0 Å². The van der Waals surface area contributed by atoms with Crippen LogP contribution in [0.4, 0.5) is 16.2 Å². The average molecular weight is 303 g/mol. The van der Waals surface area contributed by atoms with Crippen LogP contribution in [0.3, 0.4) is 0 Å². The highest BCUT2D eigenvalue weighted by Crippen LogP contribution is 2.34. The maximum absolute atomic E-state index is 12.3. The summed E-state index contributed by atoms with van der Waals surface area (Å²) in [5.41, 5.74) is 2.39. The van der Waals surface area contributed by atoms with E-state index in [1.807, 2.05) is 11.0 Å². The molecule has 6 nitrogen and oxygen atoms in total. The zero-order chi connectivity index (χ0) is 15.5. The summed E-state index contributed by atoms with van der Waals surface area (Å²) >= 11 is 0. The summed E-state index contributed by atoms with van der Waals surface area (Å²) in [5, 5.41) is 5.75. The molecule has 22 heavy (non-hydrogen) atoms. The zero-order valence-corrected chi connectivity index (χ0v) is 12.8. The van der Waals surface area contributed by atoms with Crippen molar-refractivity contribution in [2.75, 3.05) is 30.8 Å². The molecular weight excluding hydrogens is 282 g/mol. The molecule has 3 rings (SSSR count). The number of benzene rings is 1. The van der Waals surface area contributed by atoms with Crippen LogP contribution in [0.25, 0.3) is 0 Å². The van der Waals surface area contributed by atoms with Gasteiger partial charge in [0, 0.05) is 25.2 Å². The molecule has 1 aromatic rings. The predicted molar refractivity (Wildman–Crippen MR) is 84.4 cm³/mol. The Morgan fingerprint density at radius 1 is 1.23 bits per heavy atom. The smallest absolute Gasteiger partial charge is 0.321 e. The molecule has 0 spiro atoms. The minimum atomic E-state index is -0.111. The maximum atomic E-state index is 12.3. The van der Waals surface area contributed by atoms with Crippen LogP contribution in [0.5, 0.6) is 5.75 Å². The summed E-state index contributed by atoms with van der Waals surface area (Å²) in [4.78, 5) is 25.7. The van der Waals surface area contributed by atoms with Crippen LogP contribution in [0.1, 0.15) is 31.2 Å². The van der Waals surface area contributed by atoms with Crippen LogP contribution in [0, 0.1) is 0 Å². The Morgan fingerprint density at radius 2 is 2.00 bits per heavy atom. The quantitative estimate of drug-likeness (QED) is 0.882. The van der Waals surface area contributed by atoms with E-state index >= 15 is 0 Å². The molecule has 2 heterocycles. The van der Waals surface area contributed by atoms with E-state index in [-0.39, 0.29) is 11.9 Å². The molecule has 0 atom stereocenters. The Morgan fingerprint density at radius 3 is 2.73 bits per heavy atom. The Kier molecular flexibility index (Phi) is 4.18. The van der Waals surface area contributed by atoms with E-state index in [0.717, 1.165) is 37.2 Å². The number of carbonyl (C=O) groups is 2. The fourth-order valence-electron chi connectivity index (χ4n) is 2.96. The third kappa shape index (κ3) is 3.00. The summed E-state index contributed by atoms with van der Waals surface area (Å²) in [5.74, 6) is 0.631. The number of piperidine rings is 1. The van der Waals surface area contributed by atoms with E-state index in [2.05, 4.69) is 10.6 Å². The first-order chi connectivity index (χ1) is 10.7. The van der Waals surface area contributed by atoms with Gasteiger partial charge >= 0.3 is 6.03 Å². The van der Waals surface area contributed by atoms with E-state index in [1.54, 1.807) is 13.2 Å². The number of rotatable bonds is 2. The molecule has 0 unspecified atom stereocenters. The number of likely N-dealkylation sites (tertiary alicyclic amines) is 1. The number of fused-ring (bicyclic) bond motifs is 1. The third-order valence-corrected chi connectivity index (χ3v) is 4.21. The Bertz CT molecular complexity index is 595. The lowest BCUT2D eigenvalue weighted by Crippen LogP contribution is -2.38. The van der Waals surface area contributed by atoms with Gasteiger partial charge in [0.1, 0.15) is 5.75 Å². The molecule has 0 radical (unpaired) electrons. The highest BCUT2D eigenvalue weighted by molar-refractivity contribution is 5.97. The molecule has 2 aliphatic heterocycles. The fourth-order valence-corrected chi connectivity index (χ4v) is 2.96. The summed E-state index contributed by atoms with van der Waals surface area (Å²) in [6.45, 7) is 1.58. The minimum Gasteiger partial charge on any atom is -0.495 e. The van der Waals surface area contributed by atoms with Crippen LogP contribution in [0.2, 0.25) is 0 Å². The van der Waals surface area contributed by atoms with Crippen molar-refractivity contribution in [1.82, 2.24) is 4.90 Å². The summed E-state index contributed by atoms with van der Waals surface area (Å²) < 4.78 is 5.38. The molecule has 6 heteroatoms. The number of aryl methyl sites for hydroxylation is 1. The number of hydrogen-bond donors (Lipinski definition) is 2. The van der Waals surface area contributed by atoms with Gasteiger partial charge in [-0.3, -0.25) is 4.79 Å². The number of anilines is 2. The molecule has 0 saturated carbocycles. The second kappa shape index (κ2) is 6.25. The van der Waals surface area contributed by atoms with Crippen LogP contribution in [-0.4, -0.2) is 37.0 Å². The first-order valence-electron chi connectivity index (χ1n) is 7.74. The van der Waals surface area contributed by atoms with Gasteiger partial charge in [-0.25, -0.2) is 4.79 Å². The molecule has 1 aromatic carbocycles. The highest BCUT2D eigenvalue weighted by Gasteiger charge is 2.21. The molecule has 2 N–H and O–H groups in total. The molecule has 1 saturated heterocycles. The van der Waals surface area contributed by atoms with E-state index in [0.29, 0.717) is 24.3 Å². The standard InChI is InChI=1S/C16H21N3O3/c1-22-14-9-11-5-6-15(20)17-12(11)10-13(14)18-16(21)19-7-3-2-4-8-19/h9-10H,2-8H2,1H3,(H,17,20)(H,18,21). The largest absolute Gasteiger partial charge is 0.495 e. The number of urea groups is 1. The Hall–Kier alpha value is -2.24. The number of nitrogens with zero attached hydrogens (tertiary/aromatic N) is 1. The van der Waals surface area contributed by atoms with Crippen molar-refractivity contribution in [3.8, 4) is 5.75 Å². The van der Waals surface area contributed by atoms with Gasteiger partial charge in [0.2, 0.25) is 5.91 Å². The van der Waals surface area contributed by atoms with E-state index in [9.17, 15) is 9.59 Å². The van der Waals surface area contributed by atoms with Crippen molar-refractivity contribution >= 4 is 23.3 Å². The van der Waals surface area contributed by atoms with Crippen LogP contribution < -0.4 is 15.4 Å². The van der Waals surface area contributed by atoms with Gasteiger partial charge in [0.05, 0.1) is 12.8 Å². The molecule has 0 bridgehead atoms. The van der Waals surface area contributed by atoms with E-state index < -0.39 is 0 Å². The van der Waals surface area contributed by atoms with Gasteiger partial charge in [-0.05, 0) is 43.4 Å². The third-order valence-electron chi connectivity index (χ3n) is 4.21. The molecule has 3 amide bonds. The fraction of sp³-hybridized carbons (Fsp3) is 0.500. The highest BCUT2D eigenvalue weighted by atomic mass is 16.5. The van der Waals surface area contributed by atoms with Gasteiger partial charge < -0.3 is 20.3 Å².